The highest BCUT2D eigenvalue weighted by Crippen LogP contribution is 2.39. The maximum Gasteiger partial charge on any atom is 0.240 e. The van der Waals surface area contributed by atoms with E-state index in [4.69, 9.17) is 4.98 Å². The van der Waals surface area contributed by atoms with Gasteiger partial charge in [0.2, 0.25) is 11.9 Å². The van der Waals surface area contributed by atoms with Crippen LogP contribution in [0.2, 0.25) is 0 Å². The number of fused-ring (bicyclic) bond motifs is 6. The summed E-state index contributed by atoms with van der Waals surface area (Å²) in [4.78, 5) is 4.75. The van der Waals surface area contributed by atoms with E-state index < -0.39 is 0 Å². The Balaban J connectivity index is 1.50. The largest absolute Gasteiger partial charge is 0.309 e. The van der Waals surface area contributed by atoms with E-state index in [0.29, 0.717) is 0 Å². The Labute approximate surface area is 224 Å². The zero-order valence-corrected chi connectivity index (χ0v) is 21.4. The molecule has 0 bridgehead atoms. The van der Waals surface area contributed by atoms with Crippen LogP contribution in [-0.4, -0.2) is 19.2 Å². The van der Waals surface area contributed by atoms with Gasteiger partial charge < -0.3 is 4.57 Å². The Hall–Kier alpha value is -5.29. The minimum absolute atomic E-state index is 0.917. The van der Waals surface area contributed by atoms with Crippen LogP contribution in [0.15, 0.2) is 128 Å². The number of aryl methyl sites for hydroxylation is 1. The van der Waals surface area contributed by atoms with Gasteiger partial charge in [-0.2, -0.15) is 0 Å². The predicted octanol–water partition coefficient (Wildman–Crippen LogP) is 7.26. The molecular formula is C34H24N5+. The van der Waals surface area contributed by atoms with Crippen LogP contribution in [0, 0.1) is 6.92 Å². The van der Waals surface area contributed by atoms with Crippen LogP contribution >= 0.6 is 0 Å². The average Bonchev–Trinajstić information content (AvgIpc) is 3.52. The lowest BCUT2D eigenvalue weighted by molar-refractivity contribution is -0.659. The smallest absolute Gasteiger partial charge is 0.240 e. The second-order valence-electron chi connectivity index (χ2n) is 9.84. The molecular weight excluding hydrogens is 478 g/mol. The zero-order chi connectivity index (χ0) is 25.9. The van der Waals surface area contributed by atoms with Gasteiger partial charge in [0.25, 0.3) is 0 Å². The minimum Gasteiger partial charge on any atom is -0.309 e. The quantitative estimate of drug-likeness (QED) is 0.239. The average molecular weight is 503 g/mol. The number of hydrogen-bond donors (Lipinski definition) is 0. The first-order valence-corrected chi connectivity index (χ1v) is 13.1. The van der Waals surface area contributed by atoms with Crippen molar-refractivity contribution < 1.29 is 4.68 Å². The van der Waals surface area contributed by atoms with Crippen LogP contribution in [0.4, 0.5) is 0 Å². The number of nitrogens with zero attached hydrogens (tertiary/aromatic N) is 5. The van der Waals surface area contributed by atoms with Crippen LogP contribution in [-0.2, 0) is 0 Å². The molecule has 0 aliphatic heterocycles. The van der Waals surface area contributed by atoms with Gasteiger partial charge in [0.15, 0.2) is 0 Å². The molecule has 0 fully saturated rings. The SMILES string of the molecule is Cc1c(-n2c3ccccc3c3ccc(-[n+]4ccccn4)cc32)ccc2c3ccccc3n(-c3ccccn3)c12. The molecule has 0 N–H and O–H groups in total. The molecule has 184 valence electrons. The van der Waals surface area contributed by atoms with Crippen molar-refractivity contribution in [1.82, 2.24) is 19.2 Å². The third-order valence-corrected chi connectivity index (χ3v) is 7.72. The maximum absolute atomic E-state index is 4.75. The summed E-state index contributed by atoms with van der Waals surface area (Å²) < 4.78 is 6.61. The third-order valence-electron chi connectivity index (χ3n) is 7.72. The number of aromatic nitrogens is 5. The highest BCUT2D eigenvalue weighted by molar-refractivity contribution is 6.13. The van der Waals surface area contributed by atoms with E-state index >= 15 is 0 Å². The minimum atomic E-state index is 0.917. The summed E-state index contributed by atoms with van der Waals surface area (Å²) in [5.74, 6) is 0.917. The van der Waals surface area contributed by atoms with Gasteiger partial charge in [-0.15, -0.1) is 0 Å². The second kappa shape index (κ2) is 8.36. The molecule has 5 nitrogen and oxygen atoms in total. The van der Waals surface area contributed by atoms with Crippen molar-refractivity contribution in [3.8, 4) is 17.2 Å². The first kappa shape index (κ1) is 21.8. The van der Waals surface area contributed by atoms with Crippen molar-refractivity contribution in [2.24, 2.45) is 0 Å². The molecule has 8 rings (SSSR count). The Kier molecular flexibility index (Phi) is 4.67. The monoisotopic (exact) mass is 502 g/mol. The van der Waals surface area contributed by atoms with E-state index in [9.17, 15) is 0 Å². The summed E-state index contributed by atoms with van der Waals surface area (Å²) in [5, 5.41) is 9.44. The van der Waals surface area contributed by atoms with Gasteiger partial charge in [0, 0.05) is 45.9 Å². The number of hydrogen-bond acceptors (Lipinski definition) is 2. The molecule has 0 aliphatic rings. The number of benzene rings is 4. The molecule has 0 atom stereocenters. The molecule has 5 heteroatoms. The summed E-state index contributed by atoms with van der Waals surface area (Å²) in [6.45, 7) is 2.23. The lowest BCUT2D eigenvalue weighted by Gasteiger charge is -2.14. The molecule has 0 spiro atoms. The van der Waals surface area contributed by atoms with Crippen molar-refractivity contribution in [3.05, 3.63) is 133 Å². The van der Waals surface area contributed by atoms with Gasteiger partial charge >= 0.3 is 0 Å². The van der Waals surface area contributed by atoms with Gasteiger partial charge in [-0.1, -0.05) is 53.2 Å². The van der Waals surface area contributed by atoms with Gasteiger partial charge in [-0.05, 0) is 60.1 Å². The van der Waals surface area contributed by atoms with E-state index in [1.807, 2.05) is 47.5 Å². The second-order valence-corrected chi connectivity index (χ2v) is 9.84. The fraction of sp³-hybridized carbons (Fsp3) is 0.0294. The Bertz CT molecular complexity index is 2170. The lowest BCUT2D eigenvalue weighted by Crippen LogP contribution is -2.33. The number of pyridine rings is 1. The Morgan fingerprint density at radius 1 is 0.590 bits per heavy atom. The molecule has 8 aromatic rings. The van der Waals surface area contributed by atoms with Gasteiger partial charge in [0.05, 0.1) is 34.0 Å². The molecule has 4 heterocycles. The van der Waals surface area contributed by atoms with E-state index in [1.54, 1.807) is 0 Å². The number of rotatable bonds is 3. The third kappa shape index (κ3) is 3.17. The zero-order valence-electron chi connectivity index (χ0n) is 21.4. The van der Waals surface area contributed by atoms with Crippen molar-refractivity contribution in [2.75, 3.05) is 0 Å². The number of para-hydroxylation sites is 2. The molecule has 4 aromatic carbocycles. The maximum atomic E-state index is 4.75. The van der Waals surface area contributed by atoms with E-state index in [1.165, 1.54) is 38.1 Å². The van der Waals surface area contributed by atoms with Crippen LogP contribution in [0.1, 0.15) is 5.56 Å². The van der Waals surface area contributed by atoms with Crippen molar-refractivity contribution in [1.29, 1.82) is 0 Å². The fourth-order valence-corrected chi connectivity index (χ4v) is 6.02. The normalized spacial score (nSPS) is 11.7. The highest BCUT2D eigenvalue weighted by Gasteiger charge is 2.21. The highest BCUT2D eigenvalue weighted by atomic mass is 15.3. The summed E-state index contributed by atoms with van der Waals surface area (Å²) >= 11 is 0. The summed E-state index contributed by atoms with van der Waals surface area (Å²) in [6.07, 6.45) is 5.66. The van der Waals surface area contributed by atoms with Crippen LogP contribution in [0.25, 0.3) is 60.8 Å². The Morgan fingerprint density at radius 2 is 1.28 bits per heavy atom. The molecule has 0 radical (unpaired) electrons. The van der Waals surface area contributed by atoms with Crippen LogP contribution in [0.3, 0.4) is 0 Å². The van der Waals surface area contributed by atoms with E-state index in [-0.39, 0.29) is 0 Å². The topological polar surface area (TPSA) is 39.5 Å². The summed E-state index contributed by atoms with van der Waals surface area (Å²) in [7, 11) is 0. The Morgan fingerprint density at radius 3 is 2.05 bits per heavy atom. The molecule has 0 amide bonds. The lowest BCUT2D eigenvalue weighted by atomic mass is 10.1. The molecule has 0 unspecified atom stereocenters. The molecule has 39 heavy (non-hydrogen) atoms. The summed E-state index contributed by atoms with van der Waals surface area (Å²) in [6, 6.07) is 38.4. The van der Waals surface area contributed by atoms with Gasteiger partial charge in [0.1, 0.15) is 5.82 Å². The fourth-order valence-electron chi connectivity index (χ4n) is 6.02. The van der Waals surface area contributed by atoms with Gasteiger partial charge in [-0.25, -0.2) is 4.98 Å². The van der Waals surface area contributed by atoms with Crippen LogP contribution in [0.5, 0.6) is 0 Å². The van der Waals surface area contributed by atoms with Crippen LogP contribution < -0.4 is 4.68 Å². The molecule has 4 aromatic heterocycles. The first-order chi connectivity index (χ1) is 19.3. The molecule has 0 aliphatic carbocycles. The molecule has 0 saturated carbocycles. The summed E-state index contributed by atoms with van der Waals surface area (Å²) in [5.41, 5.74) is 8.03. The van der Waals surface area contributed by atoms with Crippen molar-refractivity contribution >= 4 is 43.6 Å². The van der Waals surface area contributed by atoms with Crippen molar-refractivity contribution in [3.63, 3.8) is 0 Å². The predicted molar refractivity (Wildman–Crippen MR) is 157 cm³/mol. The van der Waals surface area contributed by atoms with Crippen molar-refractivity contribution in [2.45, 2.75) is 6.92 Å². The van der Waals surface area contributed by atoms with E-state index in [0.717, 1.165) is 28.2 Å². The standard InChI is InChI=1S/C34H24N5/c1-23-29(18-17-28-26-11-3-5-13-31(26)39(34(23)28)33-14-6-7-19-35-33)38-30-12-4-2-10-25(30)27-16-15-24(22-32(27)38)37-21-9-8-20-36-37/h2-22H,1H3/q+1. The van der Waals surface area contributed by atoms with Gasteiger partial charge in [-0.3, -0.25) is 4.57 Å². The van der Waals surface area contributed by atoms with E-state index in [2.05, 4.69) is 106 Å². The molecule has 0 saturated heterocycles. The first-order valence-electron chi connectivity index (χ1n) is 13.1.